The Labute approximate surface area is 184 Å². The molecule has 3 amide bonds. The Balaban J connectivity index is 2.72. The molecular weight excluding hydrogens is 432 g/mol. The third-order valence-corrected chi connectivity index (χ3v) is 5.06. The number of ether oxygens (including phenoxy) is 2. The van der Waals surface area contributed by atoms with Gasteiger partial charge in [0, 0.05) is 13.0 Å². The maximum absolute atomic E-state index is 12.5. The number of hydrogen-bond acceptors (Lipinski definition) is 10. The van der Waals surface area contributed by atoms with E-state index in [4.69, 9.17) is 26.0 Å². The highest BCUT2D eigenvalue weighted by molar-refractivity contribution is 5.92. The van der Waals surface area contributed by atoms with E-state index >= 15 is 0 Å². The van der Waals surface area contributed by atoms with Gasteiger partial charge in [-0.1, -0.05) is 0 Å². The minimum atomic E-state index is -1.43. The summed E-state index contributed by atoms with van der Waals surface area (Å²) < 4.78 is 10.6. The van der Waals surface area contributed by atoms with Crippen LogP contribution in [-0.2, 0) is 28.7 Å². The number of aliphatic hydroxyl groups excluding tert-OH is 3. The van der Waals surface area contributed by atoms with Crippen molar-refractivity contribution in [1.82, 2.24) is 10.6 Å². The minimum Gasteiger partial charge on any atom is -0.481 e. The van der Waals surface area contributed by atoms with Crippen LogP contribution in [0.5, 0.6) is 0 Å². The lowest BCUT2D eigenvalue weighted by molar-refractivity contribution is -0.280. The molecule has 1 heterocycles. The van der Waals surface area contributed by atoms with Crippen molar-refractivity contribution < 1.29 is 49.1 Å². The van der Waals surface area contributed by atoms with Crippen LogP contribution in [0.3, 0.4) is 0 Å². The Morgan fingerprint density at radius 2 is 1.75 bits per heavy atom. The summed E-state index contributed by atoms with van der Waals surface area (Å²) in [5.41, 5.74) is 10.8. The lowest BCUT2D eigenvalue weighted by Crippen LogP contribution is -2.60. The third-order valence-electron chi connectivity index (χ3n) is 5.06. The van der Waals surface area contributed by atoms with Crippen molar-refractivity contribution in [3.8, 4) is 0 Å². The zero-order valence-electron chi connectivity index (χ0n) is 17.8. The molecule has 1 rings (SSSR count). The fraction of sp³-hybridized carbons (Fsp3) is 0.778. The van der Waals surface area contributed by atoms with Gasteiger partial charge in [0.05, 0.1) is 18.6 Å². The molecule has 14 nitrogen and oxygen atoms in total. The van der Waals surface area contributed by atoms with Gasteiger partial charge >= 0.3 is 5.97 Å². The second kappa shape index (κ2) is 12.6. The van der Waals surface area contributed by atoms with E-state index in [-0.39, 0.29) is 13.0 Å². The van der Waals surface area contributed by atoms with Gasteiger partial charge in [-0.05, 0) is 20.3 Å². The van der Waals surface area contributed by atoms with E-state index in [1.165, 1.54) is 13.8 Å². The number of carboxylic acids is 1. The highest BCUT2D eigenvalue weighted by Gasteiger charge is 2.45. The average molecular weight is 464 g/mol. The summed E-state index contributed by atoms with van der Waals surface area (Å²) in [6.07, 6.45) is -6.90. The number of amides is 3. The molecule has 0 bridgehead atoms. The molecule has 8 atom stereocenters. The number of carbonyl (C=O) groups is 4. The quantitative estimate of drug-likeness (QED) is 0.137. The normalized spacial score (nSPS) is 28.2. The number of aliphatic hydroxyl groups is 3. The van der Waals surface area contributed by atoms with E-state index < -0.39 is 85.4 Å². The molecule has 1 saturated heterocycles. The first-order valence-corrected chi connectivity index (χ1v) is 10.0. The maximum atomic E-state index is 12.5. The van der Waals surface area contributed by atoms with Gasteiger partial charge in [-0.2, -0.15) is 0 Å². The molecule has 0 spiro atoms. The smallest absolute Gasteiger partial charge is 0.303 e. The van der Waals surface area contributed by atoms with E-state index in [9.17, 15) is 34.5 Å². The van der Waals surface area contributed by atoms with Crippen molar-refractivity contribution in [2.24, 2.45) is 17.4 Å². The number of carboxylic acid groups (broad SMARTS) is 1. The monoisotopic (exact) mass is 464 g/mol. The predicted molar refractivity (Wildman–Crippen MR) is 106 cm³/mol. The van der Waals surface area contributed by atoms with E-state index in [1.54, 1.807) is 0 Å². The lowest BCUT2D eigenvalue weighted by Gasteiger charge is -2.42. The van der Waals surface area contributed by atoms with Crippen LogP contribution in [0.2, 0.25) is 0 Å². The van der Waals surface area contributed by atoms with Crippen molar-refractivity contribution in [2.75, 3.05) is 13.2 Å². The number of primary amides is 1. The summed E-state index contributed by atoms with van der Waals surface area (Å²) in [6.45, 7) is 1.93. The number of rotatable bonds is 12. The number of nitrogens with one attached hydrogen (secondary N) is 2. The molecule has 1 fully saturated rings. The van der Waals surface area contributed by atoms with Crippen LogP contribution in [0.1, 0.15) is 26.7 Å². The number of carbonyl (C=O) groups excluding carboxylic acids is 3. The van der Waals surface area contributed by atoms with Gasteiger partial charge < -0.3 is 52.0 Å². The fourth-order valence-corrected chi connectivity index (χ4v) is 3.11. The molecule has 0 aliphatic carbocycles. The zero-order valence-corrected chi connectivity index (χ0v) is 17.8. The fourth-order valence-electron chi connectivity index (χ4n) is 3.11. The number of aliphatic carboxylic acids is 1. The first-order chi connectivity index (χ1) is 14.9. The molecule has 0 aromatic rings. The van der Waals surface area contributed by atoms with Crippen LogP contribution >= 0.6 is 0 Å². The SMILES string of the molecule is C[C@H](NC(=O)[C@@H](C)O[C@H]1C(O)C(CO)OC(O)[C@H]1CN)C(=O)N[C@H](CCC(=O)O)C(N)=O. The van der Waals surface area contributed by atoms with E-state index in [0.29, 0.717) is 0 Å². The molecule has 3 unspecified atom stereocenters. The van der Waals surface area contributed by atoms with Gasteiger partial charge in [0.1, 0.15) is 30.4 Å². The van der Waals surface area contributed by atoms with Crippen LogP contribution in [0.25, 0.3) is 0 Å². The van der Waals surface area contributed by atoms with E-state index in [1.807, 2.05) is 0 Å². The second-order valence-corrected chi connectivity index (χ2v) is 7.51. The van der Waals surface area contributed by atoms with Crippen molar-refractivity contribution in [3.05, 3.63) is 0 Å². The Bertz CT molecular complexity index is 678. The van der Waals surface area contributed by atoms with Crippen LogP contribution in [0.15, 0.2) is 0 Å². The Kier molecular flexibility index (Phi) is 10.9. The molecule has 0 radical (unpaired) electrons. The van der Waals surface area contributed by atoms with E-state index in [0.717, 1.165) is 0 Å². The molecule has 1 aliphatic heterocycles. The summed E-state index contributed by atoms with van der Waals surface area (Å²) >= 11 is 0. The zero-order chi connectivity index (χ0) is 24.6. The van der Waals surface area contributed by atoms with Gasteiger partial charge in [-0.15, -0.1) is 0 Å². The summed E-state index contributed by atoms with van der Waals surface area (Å²) in [5, 5.41) is 43.0. The highest BCUT2D eigenvalue weighted by Crippen LogP contribution is 2.27. The standard InChI is InChI=1S/C18H32N4O10/c1-7(16(28)22-10(15(20)27)3-4-12(24)25)21-17(29)8(2)31-14-9(5-19)18(30)32-11(6-23)13(14)26/h7-11,13-14,18,23,26,30H,3-6,19H2,1-2H3,(H2,20,27)(H,21,29)(H,22,28)(H,24,25)/t7-,8+,9-,10+,11?,13?,14+,18?/m0/s1. The lowest BCUT2D eigenvalue weighted by atomic mass is 9.90. The molecule has 0 aromatic heterocycles. The number of nitrogens with two attached hydrogens (primary N) is 2. The average Bonchev–Trinajstić information content (AvgIpc) is 2.72. The van der Waals surface area contributed by atoms with Crippen molar-refractivity contribution in [1.29, 1.82) is 0 Å². The predicted octanol–water partition coefficient (Wildman–Crippen LogP) is -4.25. The Morgan fingerprint density at radius 1 is 1.12 bits per heavy atom. The Morgan fingerprint density at radius 3 is 2.25 bits per heavy atom. The summed E-state index contributed by atoms with van der Waals surface area (Å²) in [7, 11) is 0. The van der Waals surface area contributed by atoms with Gasteiger partial charge in [0.2, 0.25) is 17.7 Å². The number of hydrogen-bond donors (Lipinski definition) is 8. The summed E-state index contributed by atoms with van der Waals surface area (Å²) in [4.78, 5) is 46.8. The molecule has 10 N–H and O–H groups in total. The molecule has 184 valence electrons. The van der Waals surface area contributed by atoms with Gasteiger partial charge in [-0.3, -0.25) is 19.2 Å². The van der Waals surface area contributed by atoms with Crippen molar-refractivity contribution in [3.63, 3.8) is 0 Å². The van der Waals surface area contributed by atoms with Crippen LogP contribution in [0, 0.1) is 5.92 Å². The maximum Gasteiger partial charge on any atom is 0.303 e. The summed E-state index contributed by atoms with van der Waals surface area (Å²) in [6, 6.07) is -2.37. The van der Waals surface area contributed by atoms with Crippen LogP contribution < -0.4 is 22.1 Å². The molecule has 0 saturated carbocycles. The topological polar surface area (TPSA) is 244 Å². The Hall–Kier alpha value is -2.36. The molecular formula is C18H32N4O10. The van der Waals surface area contributed by atoms with Gasteiger partial charge in [-0.25, -0.2) is 0 Å². The highest BCUT2D eigenvalue weighted by atomic mass is 16.6. The van der Waals surface area contributed by atoms with Crippen LogP contribution in [-0.4, -0.2) is 100 Å². The van der Waals surface area contributed by atoms with Gasteiger partial charge in [0.25, 0.3) is 0 Å². The molecule has 0 aromatic carbocycles. The molecule has 14 heteroatoms. The van der Waals surface area contributed by atoms with Crippen molar-refractivity contribution >= 4 is 23.7 Å². The largest absolute Gasteiger partial charge is 0.481 e. The minimum absolute atomic E-state index is 0.140. The first-order valence-electron chi connectivity index (χ1n) is 10.0. The van der Waals surface area contributed by atoms with E-state index in [2.05, 4.69) is 10.6 Å². The second-order valence-electron chi connectivity index (χ2n) is 7.51. The molecule has 1 aliphatic rings. The van der Waals surface area contributed by atoms with Gasteiger partial charge in [0.15, 0.2) is 6.29 Å². The third kappa shape index (κ3) is 7.65. The first kappa shape index (κ1) is 27.7. The van der Waals surface area contributed by atoms with Crippen LogP contribution in [0.4, 0.5) is 0 Å². The summed E-state index contributed by atoms with van der Waals surface area (Å²) in [5.74, 6) is -4.50. The molecule has 32 heavy (non-hydrogen) atoms. The van der Waals surface area contributed by atoms with Crippen molar-refractivity contribution in [2.45, 2.75) is 69.5 Å².